The molecule has 0 N–H and O–H groups in total. The van der Waals surface area contributed by atoms with Gasteiger partial charge in [0, 0.05) is 22.8 Å². The Balaban J connectivity index is 1.67. The van der Waals surface area contributed by atoms with Gasteiger partial charge in [0.05, 0.1) is 29.3 Å². The van der Waals surface area contributed by atoms with Gasteiger partial charge in [-0.2, -0.15) is 5.26 Å². The van der Waals surface area contributed by atoms with E-state index in [1.807, 2.05) is 35.0 Å². The summed E-state index contributed by atoms with van der Waals surface area (Å²) in [5.74, 6) is 0. The van der Waals surface area contributed by atoms with Gasteiger partial charge in [0.25, 0.3) is 5.56 Å². The molecule has 0 bridgehead atoms. The molecular formula is C19H14N4OS. The van der Waals surface area contributed by atoms with Gasteiger partial charge in [-0.25, -0.2) is 4.98 Å². The van der Waals surface area contributed by atoms with Crippen LogP contribution in [0.15, 0.2) is 41.7 Å². The Hall–Kier alpha value is -2.91. The first-order chi connectivity index (χ1) is 12.3. The Morgan fingerprint density at radius 3 is 3.12 bits per heavy atom. The van der Waals surface area contributed by atoms with Crippen molar-refractivity contribution in [2.45, 2.75) is 25.8 Å². The maximum atomic E-state index is 13.0. The first-order valence-corrected chi connectivity index (χ1v) is 9.06. The second-order valence-electron chi connectivity index (χ2n) is 6.35. The van der Waals surface area contributed by atoms with E-state index < -0.39 is 0 Å². The fraction of sp³-hybridized carbons (Fsp3) is 0.211. The topological polar surface area (TPSA) is 63.1 Å². The largest absolute Gasteiger partial charge is 0.322 e. The number of pyridine rings is 1. The van der Waals surface area contributed by atoms with Crippen LogP contribution in [0.25, 0.3) is 15.7 Å². The molecule has 0 atom stereocenters. The molecule has 25 heavy (non-hydrogen) atoms. The summed E-state index contributed by atoms with van der Waals surface area (Å²) in [5, 5.41) is 10.3. The van der Waals surface area contributed by atoms with Crippen LogP contribution in [0.2, 0.25) is 0 Å². The number of nitrogens with zero attached hydrogens (tertiary/aromatic N) is 4. The van der Waals surface area contributed by atoms with Crippen molar-refractivity contribution < 1.29 is 0 Å². The highest BCUT2D eigenvalue weighted by atomic mass is 32.1. The molecule has 5 rings (SSSR count). The number of hydrogen-bond acceptors (Lipinski definition) is 4. The SMILES string of the molecule is N#Cc1c(Cn2cnc3sc4c(c3c2=O)CCC4)cn2ccccc12. The minimum Gasteiger partial charge on any atom is -0.322 e. The van der Waals surface area contributed by atoms with Gasteiger partial charge in [0.15, 0.2) is 0 Å². The minimum absolute atomic E-state index is 0.00328. The third-order valence-electron chi connectivity index (χ3n) is 4.91. The Kier molecular flexibility index (Phi) is 3.06. The summed E-state index contributed by atoms with van der Waals surface area (Å²) in [7, 11) is 0. The quantitative estimate of drug-likeness (QED) is 0.560. The molecule has 5 nitrogen and oxygen atoms in total. The summed E-state index contributed by atoms with van der Waals surface area (Å²) in [6.45, 7) is 0.358. The fourth-order valence-electron chi connectivity index (χ4n) is 3.74. The zero-order valence-corrected chi connectivity index (χ0v) is 14.2. The number of fused-ring (bicyclic) bond motifs is 4. The molecular weight excluding hydrogens is 332 g/mol. The first-order valence-electron chi connectivity index (χ1n) is 8.24. The average molecular weight is 346 g/mol. The smallest absolute Gasteiger partial charge is 0.262 e. The molecule has 1 aliphatic rings. The average Bonchev–Trinajstić information content (AvgIpc) is 3.29. The molecule has 0 fully saturated rings. The first kappa shape index (κ1) is 14.4. The highest BCUT2D eigenvalue weighted by Gasteiger charge is 2.21. The lowest BCUT2D eigenvalue weighted by Gasteiger charge is -2.04. The summed E-state index contributed by atoms with van der Waals surface area (Å²) in [4.78, 5) is 19.7. The number of nitriles is 1. The van der Waals surface area contributed by atoms with Crippen LogP contribution in [0, 0.1) is 11.3 Å². The monoisotopic (exact) mass is 346 g/mol. The number of rotatable bonds is 2. The zero-order valence-electron chi connectivity index (χ0n) is 13.4. The van der Waals surface area contributed by atoms with Crippen molar-refractivity contribution >= 4 is 27.1 Å². The summed E-state index contributed by atoms with van der Waals surface area (Å²) in [5.41, 5.74) is 3.50. The minimum atomic E-state index is 0.00328. The van der Waals surface area contributed by atoms with Crippen LogP contribution in [0.3, 0.4) is 0 Å². The molecule has 0 radical (unpaired) electrons. The Labute approximate surface area is 147 Å². The van der Waals surface area contributed by atoms with Crippen LogP contribution >= 0.6 is 11.3 Å². The van der Waals surface area contributed by atoms with E-state index >= 15 is 0 Å². The predicted octanol–water partition coefficient (Wildman–Crippen LogP) is 3.12. The second-order valence-corrected chi connectivity index (χ2v) is 7.43. The molecule has 4 aromatic heterocycles. The molecule has 4 aromatic rings. The van der Waals surface area contributed by atoms with Crippen LogP contribution in [-0.4, -0.2) is 14.0 Å². The molecule has 6 heteroatoms. The summed E-state index contributed by atoms with van der Waals surface area (Å²) in [6.07, 6.45) is 8.59. The maximum absolute atomic E-state index is 13.0. The van der Waals surface area contributed by atoms with Gasteiger partial charge in [-0.05, 0) is 37.0 Å². The molecule has 0 saturated carbocycles. The molecule has 0 spiro atoms. The van der Waals surface area contributed by atoms with E-state index in [0.29, 0.717) is 12.1 Å². The van der Waals surface area contributed by atoms with Gasteiger partial charge < -0.3 is 4.40 Å². The Bertz CT molecular complexity index is 1240. The third-order valence-corrected chi connectivity index (χ3v) is 6.11. The molecule has 0 unspecified atom stereocenters. The number of thiophene rings is 1. The van der Waals surface area contributed by atoms with E-state index in [9.17, 15) is 10.1 Å². The van der Waals surface area contributed by atoms with Crippen LogP contribution in [0.4, 0.5) is 0 Å². The molecule has 0 saturated heterocycles. The lowest BCUT2D eigenvalue weighted by molar-refractivity contribution is 0.747. The second kappa shape index (κ2) is 5.30. The fourth-order valence-corrected chi connectivity index (χ4v) is 4.96. The standard InChI is InChI=1S/C19H14N4OS/c20-8-14-12(9-22-7-2-1-5-15(14)22)10-23-11-21-18-17(19(23)24)13-4-3-6-16(13)25-18/h1-2,5,7,9,11H,3-4,6,10H2. The van der Waals surface area contributed by atoms with E-state index in [0.717, 1.165) is 40.6 Å². The highest BCUT2D eigenvalue weighted by Crippen LogP contribution is 2.34. The van der Waals surface area contributed by atoms with Crippen LogP contribution in [0.1, 0.15) is 28.0 Å². The van der Waals surface area contributed by atoms with Crippen molar-refractivity contribution in [3.8, 4) is 6.07 Å². The number of aryl methyl sites for hydroxylation is 2. The van der Waals surface area contributed by atoms with E-state index in [-0.39, 0.29) is 5.56 Å². The molecule has 1 aliphatic carbocycles. The molecule has 0 aromatic carbocycles. The van der Waals surface area contributed by atoms with Gasteiger partial charge in [-0.1, -0.05) is 6.07 Å². The normalized spacial score (nSPS) is 13.4. The molecule has 4 heterocycles. The van der Waals surface area contributed by atoms with Crippen molar-refractivity contribution in [1.82, 2.24) is 14.0 Å². The van der Waals surface area contributed by atoms with Crippen molar-refractivity contribution in [3.05, 3.63) is 68.8 Å². The molecule has 122 valence electrons. The van der Waals surface area contributed by atoms with Gasteiger partial charge in [-0.3, -0.25) is 9.36 Å². The van der Waals surface area contributed by atoms with E-state index in [4.69, 9.17) is 0 Å². The molecule has 0 amide bonds. The predicted molar refractivity (Wildman–Crippen MR) is 97.1 cm³/mol. The van der Waals surface area contributed by atoms with Gasteiger partial charge in [0.1, 0.15) is 10.9 Å². The number of hydrogen-bond donors (Lipinski definition) is 0. The van der Waals surface area contributed by atoms with Gasteiger partial charge in [0.2, 0.25) is 0 Å². The summed E-state index contributed by atoms with van der Waals surface area (Å²) >= 11 is 1.65. The Morgan fingerprint density at radius 1 is 1.32 bits per heavy atom. The van der Waals surface area contributed by atoms with Crippen LogP contribution < -0.4 is 5.56 Å². The number of aromatic nitrogens is 3. The van der Waals surface area contributed by atoms with E-state index in [1.165, 1.54) is 10.4 Å². The zero-order chi connectivity index (χ0) is 17.0. The van der Waals surface area contributed by atoms with E-state index in [2.05, 4.69) is 11.1 Å². The maximum Gasteiger partial charge on any atom is 0.262 e. The highest BCUT2D eigenvalue weighted by molar-refractivity contribution is 7.18. The lowest BCUT2D eigenvalue weighted by atomic mass is 10.1. The summed E-state index contributed by atoms with van der Waals surface area (Å²) in [6, 6.07) is 8.03. The third kappa shape index (κ3) is 2.06. The van der Waals surface area contributed by atoms with Crippen molar-refractivity contribution in [1.29, 1.82) is 5.26 Å². The van der Waals surface area contributed by atoms with Crippen molar-refractivity contribution in [2.24, 2.45) is 0 Å². The Morgan fingerprint density at radius 2 is 2.24 bits per heavy atom. The summed E-state index contributed by atoms with van der Waals surface area (Å²) < 4.78 is 3.55. The van der Waals surface area contributed by atoms with Gasteiger partial charge >= 0.3 is 0 Å². The van der Waals surface area contributed by atoms with E-state index in [1.54, 1.807) is 22.2 Å². The van der Waals surface area contributed by atoms with Crippen LogP contribution in [-0.2, 0) is 19.4 Å². The van der Waals surface area contributed by atoms with Crippen molar-refractivity contribution in [3.63, 3.8) is 0 Å². The van der Waals surface area contributed by atoms with Crippen molar-refractivity contribution in [2.75, 3.05) is 0 Å². The molecule has 0 aliphatic heterocycles. The van der Waals surface area contributed by atoms with Gasteiger partial charge in [-0.15, -0.1) is 11.3 Å². The lowest BCUT2D eigenvalue weighted by Crippen LogP contribution is -2.21. The van der Waals surface area contributed by atoms with Crippen LogP contribution in [0.5, 0.6) is 0 Å².